The molecule has 4 amide bonds. The number of aromatic amines is 1. The number of rotatable bonds is 16. The van der Waals surface area contributed by atoms with Crippen LogP contribution in [0.15, 0.2) is 83.2 Å². The number of aromatic nitrogens is 2. The number of alkyl halides is 3. The molecule has 4 heterocycles. The standard InChI is InChI=1S/C54H62F4N8O7S/c1-30-26-65(27-31(2)64(30)7)43-19-17-35(21-42(43)62-50(71)39-25-59-47(70)23-40(39)54(56,57)58)38-18-16-36(20-41(38)55)45(68)10-8-9-11-46(69)63-49(53(4,5)6)52(73)66-28-37(67)22-44(66)51(72)60-24-33-12-14-34(15-13-33)48-32(3)61-29-74-48/h12-21,23,25,29-31,37,44,49,67H,8-11,22,24,26-28H2,1-7H3,(H,59,70)(H,60,72)(H,62,71)(H,63,69)/t30-,31+,37-,44+,49-/m1/s1. The summed E-state index contributed by atoms with van der Waals surface area (Å²) in [6.45, 7) is 12.5. The van der Waals surface area contributed by atoms with Gasteiger partial charge in [0.2, 0.25) is 23.3 Å². The second-order valence-corrected chi connectivity index (χ2v) is 21.2. The number of hydrogen-bond acceptors (Lipinski definition) is 11. The first-order chi connectivity index (χ1) is 34.9. The van der Waals surface area contributed by atoms with Crippen LogP contribution < -0.4 is 26.4 Å². The van der Waals surface area contributed by atoms with Gasteiger partial charge in [-0.3, -0.25) is 33.7 Å². The minimum absolute atomic E-state index is 0.0243. The number of benzene rings is 3. The van der Waals surface area contributed by atoms with Gasteiger partial charge in [0.15, 0.2) is 5.78 Å². The normalized spacial score (nSPS) is 18.8. The van der Waals surface area contributed by atoms with E-state index in [4.69, 9.17) is 0 Å². The summed E-state index contributed by atoms with van der Waals surface area (Å²) in [4.78, 5) is 92.7. The number of aryl methyl sites for hydroxylation is 1. The Balaban J connectivity index is 0.961. The van der Waals surface area contributed by atoms with Gasteiger partial charge in [-0.05, 0) is 81.0 Å². The smallest absolute Gasteiger partial charge is 0.391 e. The van der Waals surface area contributed by atoms with Crippen LogP contribution in [0.1, 0.15) is 104 Å². The Morgan fingerprint density at radius 1 is 0.905 bits per heavy atom. The van der Waals surface area contributed by atoms with Crippen molar-refractivity contribution in [3.63, 3.8) is 0 Å². The number of carbonyl (C=O) groups is 5. The fourth-order valence-electron chi connectivity index (χ4n) is 9.42. The number of ketones is 1. The van der Waals surface area contributed by atoms with Crippen LogP contribution in [-0.4, -0.2) is 111 Å². The number of nitrogens with zero attached hydrogens (tertiary/aromatic N) is 4. The molecule has 5 atom stereocenters. The lowest BCUT2D eigenvalue weighted by Crippen LogP contribution is -2.57. The summed E-state index contributed by atoms with van der Waals surface area (Å²) >= 11 is 1.54. The number of likely N-dealkylation sites (N-methyl/N-ethyl adjacent to an activating group) is 1. The Labute approximate surface area is 430 Å². The Morgan fingerprint density at radius 2 is 1.58 bits per heavy atom. The number of H-pyrrole nitrogens is 1. The largest absolute Gasteiger partial charge is 0.417 e. The van der Waals surface area contributed by atoms with Gasteiger partial charge in [0, 0.05) is 80.9 Å². The highest BCUT2D eigenvalue weighted by Gasteiger charge is 2.44. The maximum absolute atomic E-state index is 16.0. The molecule has 74 heavy (non-hydrogen) atoms. The molecule has 0 bridgehead atoms. The highest BCUT2D eigenvalue weighted by Crippen LogP contribution is 2.37. The molecule has 7 rings (SSSR count). The predicted molar refractivity (Wildman–Crippen MR) is 275 cm³/mol. The highest BCUT2D eigenvalue weighted by atomic mass is 32.1. The molecule has 2 saturated heterocycles. The zero-order chi connectivity index (χ0) is 53.8. The maximum Gasteiger partial charge on any atom is 0.417 e. The van der Waals surface area contributed by atoms with Gasteiger partial charge in [-0.2, -0.15) is 13.2 Å². The number of Topliss-reactive ketones (excluding diaryl/α,β-unsaturated/α-hetero) is 1. The number of halogens is 4. The number of aliphatic hydroxyl groups is 1. The van der Waals surface area contributed by atoms with Crippen molar-refractivity contribution in [1.29, 1.82) is 0 Å². The van der Waals surface area contributed by atoms with Crippen LogP contribution in [0.25, 0.3) is 21.6 Å². The monoisotopic (exact) mass is 1040 g/mol. The van der Waals surface area contributed by atoms with E-state index in [1.807, 2.05) is 57.0 Å². The molecule has 0 unspecified atom stereocenters. The van der Waals surface area contributed by atoms with Crippen molar-refractivity contribution >= 4 is 52.1 Å². The van der Waals surface area contributed by atoms with E-state index in [-0.39, 0.29) is 85.4 Å². The summed E-state index contributed by atoms with van der Waals surface area (Å²) in [6, 6.07) is 14.9. The molecule has 20 heteroatoms. The van der Waals surface area contributed by atoms with Crippen LogP contribution in [0.4, 0.5) is 28.9 Å². The van der Waals surface area contributed by atoms with Crippen LogP contribution in [0.2, 0.25) is 0 Å². The first-order valence-corrected chi connectivity index (χ1v) is 25.4. The van der Waals surface area contributed by atoms with E-state index in [9.17, 15) is 47.0 Å². The van der Waals surface area contributed by atoms with Gasteiger partial charge in [-0.15, -0.1) is 11.3 Å². The van der Waals surface area contributed by atoms with Crippen molar-refractivity contribution in [2.75, 3.05) is 36.9 Å². The summed E-state index contributed by atoms with van der Waals surface area (Å²) in [7, 11) is 1.98. The molecule has 15 nitrogen and oxygen atoms in total. The molecule has 0 spiro atoms. The van der Waals surface area contributed by atoms with Crippen molar-refractivity contribution in [1.82, 2.24) is 30.4 Å². The third-order valence-electron chi connectivity index (χ3n) is 13.8. The Morgan fingerprint density at radius 3 is 2.22 bits per heavy atom. The molecule has 3 aromatic carbocycles. The van der Waals surface area contributed by atoms with Crippen molar-refractivity contribution in [3.8, 4) is 21.6 Å². The third kappa shape index (κ3) is 12.9. The average molecular weight is 1040 g/mol. The quantitative estimate of drug-likeness (QED) is 0.0367. The zero-order valence-corrected chi connectivity index (χ0v) is 43.2. The lowest BCUT2D eigenvalue weighted by molar-refractivity contribution is -0.144. The fourth-order valence-corrected chi connectivity index (χ4v) is 10.2. The Hall–Kier alpha value is -6.77. The number of amides is 4. The van der Waals surface area contributed by atoms with E-state index < -0.39 is 75.9 Å². The summed E-state index contributed by atoms with van der Waals surface area (Å²) < 4.78 is 57.9. The molecule has 0 aliphatic carbocycles. The molecule has 2 aliphatic rings. The topological polar surface area (TPSA) is 197 Å². The van der Waals surface area contributed by atoms with E-state index in [1.165, 1.54) is 23.1 Å². The van der Waals surface area contributed by atoms with E-state index >= 15 is 4.39 Å². The number of piperazine rings is 1. The van der Waals surface area contributed by atoms with Crippen molar-refractivity contribution in [3.05, 3.63) is 123 Å². The lowest BCUT2D eigenvalue weighted by atomic mass is 9.85. The number of aliphatic hydroxyl groups excluding tert-OH is 1. The van der Waals surface area contributed by atoms with Crippen molar-refractivity contribution < 1.29 is 46.6 Å². The molecule has 2 fully saturated rings. The number of unbranched alkanes of at least 4 members (excludes halogenated alkanes) is 1. The molecule has 0 saturated carbocycles. The number of β-amino-alcohol motifs (C(OH)–C–C–N with tert-alkyl or cyclic N) is 1. The number of nitrogens with one attached hydrogen (secondary N) is 4. The van der Waals surface area contributed by atoms with Gasteiger partial charge in [0.05, 0.1) is 44.7 Å². The number of pyridine rings is 1. The highest BCUT2D eigenvalue weighted by molar-refractivity contribution is 7.13. The third-order valence-corrected chi connectivity index (χ3v) is 14.8. The first kappa shape index (κ1) is 55.0. The zero-order valence-electron chi connectivity index (χ0n) is 42.4. The molecular weight excluding hydrogens is 981 g/mol. The van der Waals surface area contributed by atoms with Crippen LogP contribution in [0.5, 0.6) is 0 Å². The SMILES string of the molecule is Cc1ncsc1-c1ccc(CNC(=O)[C@@H]2C[C@@H](O)CN2C(=O)[C@@H](NC(=O)CCCCC(=O)c2ccc(-c3ccc(N4C[C@@H](C)N(C)[C@@H](C)C4)c(NC(=O)c4c[nH]c(=O)cc4C(F)(F)F)c3)c(F)c2)C(C)(C)C)cc1. The number of carbonyl (C=O) groups excluding carboxylic acids is 5. The summed E-state index contributed by atoms with van der Waals surface area (Å²) in [5, 5.41) is 18.9. The fraction of sp³-hybridized carbons (Fsp3) is 0.426. The number of anilines is 2. The second kappa shape index (κ2) is 22.8. The predicted octanol–water partition coefficient (Wildman–Crippen LogP) is 7.97. The molecule has 2 aliphatic heterocycles. The molecule has 0 radical (unpaired) electrons. The summed E-state index contributed by atoms with van der Waals surface area (Å²) in [5.74, 6) is -3.67. The van der Waals surface area contributed by atoms with Crippen molar-refractivity contribution in [2.24, 2.45) is 5.41 Å². The molecule has 5 N–H and O–H groups in total. The number of likely N-dealkylation sites (tertiary alicyclic amines) is 1. The minimum atomic E-state index is -5.01. The molecule has 5 aromatic rings. The first-order valence-electron chi connectivity index (χ1n) is 24.5. The van der Waals surface area contributed by atoms with Gasteiger partial charge >= 0.3 is 6.18 Å². The van der Waals surface area contributed by atoms with Crippen LogP contribution in [-0.2, 0) is 27.1 Å². The second-order valence-electron chi connectivity index (χ2n) is 20.3. The van der Waals surface area contributed by atoms with Crippen molar-refractivity contribution in [2.45, 2.75) is 117 Å². The Kier molecular flexibility index (Phi) is 16.9. The van der Waals surface area contributed by atoms with Gasteiger partial charge < -0.3 is 35.8 Å². The van der Waals surface area contributed by atoms with Crippen LogP contribution in [0, 0.1) is 18.2 Å². The van der Waals surface area contributed by atoms with E-state index in [2.05, 4.69) is 30.8 Å². The maximum atomic E-state index is 16.0. The Bertz CT molecular complexity index is 2940. The van der Waals surface area contributed by atoms with E-state index in [0.29, 0.717) is 31.0 Å². The summed E-state index contributed by atoms with van der Waals surface area (Å²) in [5.41, 5.74) is 1.54. The van der Waals surface area contributed by atoms with Crippen LogP contribution >= 0.6 is 11.3 Å². The number of thiazole rings is 1. The molecule has 394 valence electrons. The van der Waals surface area contributed by atoms with Gasteiger partial charge in [-0.1, -0.05) is 63.2 Å². The molecule has 2 aromatic heterocycles. The van der Waals surface area contributed by atoms with Crippen LogP contribution in [0.3, 0.4) is 0 Å². The average Bonchev–Trinajstić information content (AvgIpc) is 3.97. The van der Waals surface area contributed by atoms with Gasteiger partial charge in [0.1, 0.15) is 17.9 Å². The van der Waals surface area contributed by atoms with E-state index in [0.717, 1.165) is 27.8 Å². The lowest BCUT2D eigenvalue weighted by Gasteiger charge is -2.44. The molecular formula is C54H62F4N8O7S. The van der Waals surface area contributed by atoms with Gasteiger partial charge in [0.25, 0.3) is 5.91 Å². The van der Waals surface area contributed by atoms with Gasteiger partial charge in [-0.25, -0.2) is 9.37 Å². The minimum Gasteiger partial charge on any atom is -0.391 e. The van der Waals surface area contributed by atoms with E-state index in [1.54, 1.807) is 49.8 Å². The number of hydrogen-bond donors (Lipinski definition) is 5. The summed E-state index contributed by atoms with van der Waals surface area (Å²) in [6.07, 6.45) is -4.74.